The van der Waals surface area contributed by atoms with Crippen LogP contribution in [-0.4, -0.2) is 25.3 Å². The molecule has 3 heteroatoms. The molecule has 0 aliphatic heterocycles. The molecule has 146 valence electrons. The first kappa shape index (κ1) is 23.9. The van der Waals surface area contributed by atoms with Gasteiger partial charge in [0.15, 0.2) is 0 Å². The van der Waals surface area contributed by atoms with Crippen molar-refractivity contribution in [3.8, 4) is 0 Å². The summed E-state index contributed by atoms with van der Waals surface area (Å²) in [6, 6.07) is 0. The molecule has 0 fully saturated rings. The highest BCUT2D eigenvalue weighted by atomic mass is 16.6. The Balaban J connectivity index is 3.55. The van der Waals surface area contributed by atoms with Crippen LogP contribution < -0.4 is 0 Å². The summed E-state index contributed by atoms with van der Waals surface area (Å²) in [6.07, 6.45) is 19.5. The zero-order chi connectivity index (χ0) is 18.6. The average molecular weight is 353 g/mol. The molecule has 0 saturated carbocycles. The van der Waals surface area contributed by atoms with Crippen molar-refractivity contribution in [1.82, 2.24) is 0 Å². The van der Waals surface area contributed by atoms with Crippen molar-refractivity contribution in [3.05, 3.63) is 25.3 Å². The van der Waals surface area contributed by atoms with Crippen LogP contribution in [0.25, 0.3) is 0 Å². The number of hydrogen-bond donors (Lipinski definition) is 0. The van der Waals surface area contributed by atoms with Crippen molar-refractivity contribution in [2.45, 2.75) is 96.5 Å². The van der Waals surface area contributed by atoms with Gasteiger partial charge in [-0.3, -0.25) is 0 Å². The van der Waals surface area contributed by atoms with Gasteiger partial charge in [0, 0.05) is 6.08 Å². The van der Waals surface area contributed by atoms with Gasteiger partial charge in [-0.15, -0.1) is 6.58 Å². The number of unbranched alkanes of at least 4 members (excludes halogenated alkanes) is 11. The molecule has 0 aromatic heterocycles. The molecule has 0 amide bonds. The van der Waals surface area contributed by atoms with E-state index in [9.17, 15) is 4.79 Å². The number of carbonyl (C=O) groups is 1. The maximum Gasteiger partial charge on any atom is 0.330 e. The van der Waals surface area contributed by atoms with Crippen molar-refractivity contribution in [1.29, 1.82) is 0 Å². The van der Waals surface area contributed by atoms with E-state index in [-0.39, 0.29) is 12.1 Å². The van der Waals surface area contributed by atoms with Gasteiger partial charge in [-0.05, 0) is 12.8 Å². The van der Waals surface area contributed by atoms with Gasteiger partial charge in [-0.1, -0.05) is 90.2 Å². The number of rotatable bonds is 19. The fraction of sp³-hybridized carbons (Fsp3) is 0.773. The van der Waals surface area contributed by atoms with E-state index in [0.29, 0.717) is 13.2 Å². The second-order valence-electron chi connectivity index (χ2n) is 6.77. The van der Waals surface area contributed by atoms with E-state index in [1.165, 1.54) is 76.7 Å². The minimum atomic E-state index is -0.369. The molecule has 0 aromatic carbocycles. The van der Waals surface area contributed by atoms with Crippen LogP contribution in [0.15, 0.2) is 25.3 Å². The maximum atomic E-state index is 11.4. The molecule has 0 saturated heterocycles. The molecule has 0 radical (unpaired) electrons. The van der Waals surface area contributed by atoms with Crippen molar-refractivity contribution in [3.63, 3.8) is 0 Å². The van der Waals surface area contributed by atoms with Crippen LogP contribution in [-0.2, 0) is 14.3 Å². The number of ether oxygens (including phenoxy) is 2. The van der Waals surface area contributed by atoms with Crippen LogP contribution in [0.3, 0.4) is 0 Å². The zero-order valence-corrected chi connectivity index (χ0v) is 16.5. The average Bonchev–Trinajstić information content (AvgIpc) is 2.62. The van der Waals surface area contributed by atoms with E-state index in [0.717, 1.165) is 12.8 Å². The van der Waals surface area contributed by atoms with E-state index < -0.39 is 0 Å². The highest BCUT2D eigenvalue weighted by molar-refractivity contribution is 5.81. The molecule has 0 heterocycles. The van der Waals surface area contributed by atoms with Gasteiger partial charge in [0.2, 0.25) is 0 Å². The molecule has 1 unspecified atom stereocenters. The van der Waals surface area contributed by atoms with Crippen LogP contribution in [0.2, 0.25) is 0 Å². The Morgan fingerprint density at radius 3 is 1.88 bits per heavy atom. The highest BCUT2D eigenvalue weighted by Gasteiger charge is 2.12. The van der Waals surface area contributed by atoms with Gasteiger partial charge in [0.05, 0.1) is 13.2 Å². The van der Waals surface area contributed by atoms with Crippen molar-refractivity contribution in [2.75, 3.05) is 13.2 Å². The summed E-state index contributed by atoms with van der Waals surface area (Å²) in [4.78, 5) is 11.4. The highest BCUT2D eigenvalue weighted by Crippen LogP contribution is 2.14. The Morgan fingerprint density at radius 2 is 1.40 bits per heavy atom. The first-order valence-corrected chi connectivity index (χ1v) is 10.3. The predicted molar refractivity (Wildman–Crippen MR) is 107 cm³/mol. The van der Waals surface area contributed by atoms with Crippen LogP contribution in [0.4, 0.5) is 0 Å². The minimum absolute atomic E-state index is 0.173. The number of hydrogen-bond acceptors (Lipinski definition) is 3. The molecule has 0 aliphatic carbocycles. The van der Waals surface area contributed by atoms with Crippen LogP contribution in [0, 0.1) is 0 Å². The summed E-state index contributed by atoms with van der Waals surface area (Å²) in [5, 5.41) is 0. The summed E-state index contributed by atoms with van der Waals surface area (Å²) < 4.78 is 10.7. The Bertz CT molecular complexity index is 325. The molecule has 0 bridgehead atoms. The molecule has 1 atom stereocenters. The SMILES string of the molecule is C=CCOCC(CCCCCCCCCCCCCC)OC(=O)C=C. The summed E-state index contributed by atoms with van der Waals surface area (Å²) in [5.41, 5.74) is 0. The molecule has 3 nitrogen and oxygen atoms in total. The topological polar surface area (TPSA) is 35.5 Å². The number of carbonyl (C=O) groups excluding carboxylic acids is 1. The standard InChI is InChI=1S/C22H40O3/c1-4-7-8-9-10-11-12-13-14-15-16-17-18-21(20-24-19-5-2)25-22(23)6-3/h5-6,21H,2-4,7-20H2,1H3. The fourth-order valence-electron chi connectivity index (χ4n) is 2.88. The molecule has 0 N–H and O–H groups in total. The van der Waals surface area contributed by atoms with E-state index in [4.69, 9.17) is 9.47 Å². The minimum Gasteiger partial charge on any atom is -0.457 e. The molecule has 0 spiro atoms. The fourth-order valence-corrected chi connectivity index (χ4v) is 2.88. The van der Waals surface area contributed by atoms with E-state index >= 15 is 0 Å². The van der Waals surface area contributed by atoms with Crippen molar-refractivity contribution >= 4 is 5.97 Å². The Hall–Kier alpha value is -1.09. The van der Waals surface area contributed by atoms with Gasteiger partial charge in [0.25, 0.3) is 0 Å². The Labute approximate surface area is 155 Å². The molecule has 0 rings (SSSR count). The smallest absolute Gasteiger partial charge is 0.330 e. The maximum absolute atomic E-state index is 11.4. The lowest BCUT2D eigenvalue weighted by molar-refractivity contribution is -0.146. The molecular formula is C22H40O3. The van der Waals surface area contributed by atoms with Crippen LogP contribution in [0.1, 0.15) is 90.4 Å². The molecular weight excluding hydrogens is 312 g/mol. The van der Waals surface area contributed by atoms with Crippen molar-refractivity contribution < 1.29 is 14.3 Å². The first-order valence-electron chi connectivity index (χ1n) is 10.3. The second kappa shape index (κ2) is 19.2. The van der Waals surface area contributed by atoms with Gasteiger partial charge in [-0.25, -0.2) is 4.79 Å². The summed E-state index contributed by atoms with van der Waals surface area (Å²) in [6.45, 7) is 10.3. The van der Waals surface area contributed by atoms with Gasteiger partial charge < -0.3 is 9.47 Å². The normalized spacial score (nSPS) is 11.9. The second-order valence-corrected chi connectivity index (χ2v) is 6.77. The summed E-state index contributed by atoms with van der Waals surface area (Å²) in [5.74, 6) is -0.369. The third kappa shape index (κ3) is 17.5. The van der Waals surface area contributed by atoms with Crippen LogP contribution in [0.5, 0.6) is 0 Å². The van der Waals surface area contributed by atoms with Crippen molar-refractivity contribution in [2.24, 2.45) is 0 Å². The van der Waals surface area contributed by atoms with Gasteiger partial charge in [0.1, 0.15) is 6.10 Å². The molecule has 25 heavy (non-hydrogen) atoms. The van der Waals surface area contributed by atoms with E-state index in [1.54, 1.807) is 6.08 Å². The van der Waals surface area contributed by atoms with Gasteiger partial charge in [-0.2, -0.15) is 0 Å². The van der Waals surface area contributed by atoms with Crippen LogP contribution >= 0.6 is 0 Å². The lowest BCUT2D eigenvalue weighted by Crippen LogP contribution is -2.22. The van der Waals surface area contributed by atoms with Gasteiger partial charge >= 0.3 is 5.97 Å². The van der Waals surface area contributed by atoms with E-state index in [2.05, 4.69) is 20.1 Å². The predicted octanol–water partition coefficient (Wildman–Crippen LogP) is 6.38. The zero-order valence-electron chi connectivity index (χ0n) is 16.5. The largest absolute Gasteiger partial charge is 0.457 e. The lowest BCUT2D eigenvalue weighted by Gasteiger charge is -2.16. The van der Waals surface area contributed by atoms with E-state index in [1.807, 2.05) is 0 Å². The molecule has 0 aliphatic rings. The summed E-state index contributed by atoms with van der Waals surface area (Å²) in [7, 11) is 0. The Morgan fingerprint density at radius 1 is 0.880 bits per heavy atom. The molecule has 0 aromatic rings. The Kier molecular flexibility index (Phi) is 18.4. The third-order valence-electron chi connectivity index (χ3n) is 4.37. The lowest BCUT2D eigenvalue weighted by atomic mass is 10.0. The number of esters is 1. The summed E-state index contributed by atoms with van der Waals surface area (Å²) >= 11 is 0. The first-order chi connectivity index (χ1) is 12.2. The third-order valence-corrected chi connectivity index (χ3v) is 4.37. The quantitative estimate of drug-likeness (QED) is 0.117. The monoisotopic (exact) mass is 352 g/mol.